The van der Waals surface area contributed by atoms with Crippen LogP contribution in [-0.4, -0.2) is 64.6 Å². The summed E-state index contributed by atoms with van der Waals surface area (Å²) >= 11 is 0. The fourth-order valence-electron chi connectivity index (χ4n) is 4.19. The van der Waals surface area contributed by atoms with Crippen LogP contribution in [0.3, 0.4) is 0 Å². The van der Waals surface area contributed by atoms with Crippen LogP contribution in [0.25, 0.3) is 0 Å². The molecule has 10 heteroatoms. The number of hydrogen-bond donors (Lipinski definition) is 1. The fraction of sp³-hybridized carbons (Fsp3) is 0.435. The number of rotatable bonds is 7. The molecule has 2 heterocycles. The van der Waals surface area contributed by atoms with E-state index in [1.54, 1.807) is 24.0 Å². The van der Waals surface area contributed by atoms with E-state index in [-0.39, 0.29) is 41.9 Å². The van der Waals surface area contributed by atoms with Crippen LogP contribution in [0.15, 0.2) is 41.3 Å². The van der Waals surface area contributed by atoms with E-state index in [1.165, 1.54) is 22.5 Å². The summed E-state index contributed by atoms with van der Waals surface area (Å²) in [6, 6.07) is 9.37. The molecular formula is C23H28FN3O5S. The predicted octanol–water partition coefficient (Wildman–Crippen LogP) is 2.64. The summed E-state index contributed by atoms with van der Waals surface area (Å²) in [5, 5.41) is 2.77. The number of amides is 1. The lowest BCUT2D eigenvalue weighted by molar-refractivity contribution is -0.115. The third-order valence-electron chi connectivity index (χ3n) is 5.73. The first-order valence-corrected chi connectivity index (χ1v) is 12.5. The van der Waals surface area contributed by atoms with Crippen LogP contribution in [0.4, 0.5) is 15.8 Å². The molecule has 8 nitrogen and oxygen atoms in total. The number of nitrogens with zero attached hydrogens (tertiary/aromatic N) is 2. The number of morpholine rings is 1. The van der Waals surface area contributed by atoms with Crippen molar-refractivity contribution in [1.29, 1.82) is 0 Å². The zero-order valence-electron chi connectivity index (χ0n) is 18.5. The van der Waals surface area contributed by atoms with Crippen LogP contribution < -0.4 is 15.0 Å². The average Bonchev–Trinajstić information content (AvgIpc) is 2.81. The molecule has 1 fully saturated rings. The molecule has 0 radical (unpaired) electrons. The quantitative estimate of drug-likeness (QED) is 0.660. The SMILES string of the molecule is CCOc1ccc(S(=O)(=O)N2CCOCC2)cc1NC(=O)CN1CCCc2cccc(F)c21. The first-order valence-electron chi connectivity index (χ1n) is 11.1. The van der Waals surface area contributed by atoms with Gasteiger partial charge in [-0.05, 0) is 49.6 Å². The molecule has 1 saturated heterocycles. The number of para-hydroxylation sites is 1. The highest BCUT2D eigenvalue weighted by molar-refractivity contribution is 7.89. The number of hydrogen-bond acceptors (Lipinski definition) is 6. The Labute approximate surface area is 193 Å². The van der Waals surface area contributed by atoms with Crippen molar-refractivity contribution in [1.82, 2.24) is 4.31 Å². The van der Waals surface area contributed by atoms with E-state index in [4.69, 9.17) is 9.47 Å². The van der Waals surface area contributed by atoms with Crippen molar-refractivity contribution in [2.24, 2.45) is 0 Å². The third kappa shape index (κ3) is 5.13. The van der Waals surface area contributed by atoms with Gasteiger partial charge in [-0.2, -0.15) is 4.31 Å². The molecule has 0 unspecified atom stereocenters. The van der Waals surface area contributed by atoms with Gasteiger partial charge >= 0.3 is 0 Å². The third-order valence-corrected chi connectivity index (χ3v) is 7.62. The van der Waals surface area contributed by atoms with Gasteiger partial charge in [0.1, 0.15) is 11.6 Å². The Balaban J connectivity index is 1.56. The Hall–Kier alpha value is -2.69. The molecule has 0 atom stereocenters. The maximum Gasteiger partial charge on any atom is 0.243 e. The molecule has 0 aliphatic carbocycles. The second kappa shape index (κ2) is 10.1. The van der Waals surface area contributed by atoms with E-state index in [1.807, 2.05) is 6.07 Å². The van der Waals surface area contributed by atoms with E-state index in [9.17, 15) is 17.6 Å². The number of halogens is 1. The summed E-state index contributed by atoms with van der Waals surface area (Å²) in [5.41, 5.74) is 1.59. The van der Waals surface area contributed by atoms with Crippen LogP contribution in [0.2, 0.25) is 0 Å². The van der Waals surface area contributed by atoms with Gasteiger partial charge in [0.25, 0.3) is 0 Å². The van der Waals surface area contributed by atoms with Gasteiger partial charge < -0.3 is 19.7 Å². The Morgan fingerprint density at radius 2 is 1.97 bits per heavy atom. The molecule has 0 spiro atoms. The van der Waals surface area contributed by atoms with Crippen molar-refractivity contribution in [3.8, 4) is 5.75 Å². The van der Waals surface area contributed by atoms with Gasteiger partial charge in [-0.1, -0.05) is 12.1 Å². The van der Waals surface area contributed by atoms with Gasteiger partial charge in [0.05, 0.1) is 42.6 Å². The number of anilines is 2. The minimum absolute atomic E-state index is 0.0556. The summed E-state index contributed by atoms with van der Waals surface area (Å²) < 4.78 is 52.8. The van der Waals surface area contributed by atoms with Crippen molar-refractivity contribution in [2.75, 3.05) is 56.2 Å². The number of benzene rings is 2. The van der Waals surface area contributed by atoms with Gasteiger partial charge in [-0.25, -0.2) is 12.8 Å². The highest BCUT2D eigenvalue weighted by atomic mass is 32.2. The second-order valence-electron chi connectivity index (χ2n) is 7.93. The molecule has 33 heavy (non-hydrogen) atoms. The van der Waals surface area contributed by atoms with Crippen LogP contribution >= 0.6 is 0 Å². The van der Waals surface area contributed by atoms with Crippen LogP contribution in [-0.2, 0) is 26.0 Å². The predicted molar refractivity (Wildman–Crippen MR) is 123 cm³/mol. The van der Waals surface area contributed by atoms with Crippen LogP contribution in [0, 0.1) is 5.82 Å². The second-order valence-corrected chi connectivity index (χ2v) is 9.87. The Bertz CT molecular complexity index is 1120. The molecule has 2 aliphatic heterocycles. The zero-order chi connectivity index (χ0) is 23.4. The van der Waals surface area contributed by atoms with E-state index < -0.39 is 10.0 Å². The Morgan fingerprint density at radius 3 is 2.73 bits per heavy atom. The number of sulfonamides is 1. The molecule has 0 aromatic heterocycles. The van der Waals surface area contributed by atoms with E-state index >= 15 is 0 Å². The van der Waals surface area contributed by atoms with Gasteiger partial charge in [0, 0.05) is 19.6 Å². The van der Waals surface area contributed by atoms with Gasteiger partial charge in [-0.15, -0.1) is 0 Å². The molecule has 1 amide bonds. The van der Waals surface area contributed by atoms with Crippen molar-refractivity contribution in [3.05, 3.63) is 47.8 Å². The maximum absolute atomic E-state index is 14.5. The number of aryl methyl sites for hydroxylation is 1. The maximum atomic E-state index is 14.5. The first-order chi connectivity index (χ1) is 15.9. The number of ether oxygens (including phenoxy) is 2. The van der Waals surface area contributed by atoms with Crippen molar-refractivity contribution < 1.29 is 27.1 Å². The summed E-state index contributed by atoms with van der Waals surface area (Å²) in [4.78, 5) is 14.7. The smallest absolute Gasteiger partial charge is 0.243 e. The molecule has 4 rings (SSSR count). The minimum Gasteiger partial charge on any atom is -0.492 e. The molecule has 2 aromatic carbocycles. The number of fused-ring (bicyclic) bond motifs is 1. The van der Waals surface area contributed by atoms with Gasteiger partial charge in [0.2, 0.25) is 15.9 Å². The number of carbonyl (C=O) groups is 1. The van der Waals surface area contributed by atoms with E-state index in [0.29, 0.717) is 37.8 Å². The lowest BCUT2D eigenvalue weighted by Gasteiger charge is -2.31. The van der Waals surface area contributed by atoms with Gasteiger partial charge in [0.15, 0.2) is 0 Å². The lowest BCUT2D eigenvalue weighted by Crippen LogP contribution is -2.40. The molecule has 0 saturated carbocycles. The summed E-state index contributed by atoms with van der Waals surface area (Å²) in [7, 11) is -3.74. The van der Waals surface area contributed by atoms with Crippen molar-refractivity contribution in [2.45, 2.75) is 24.7 Å². The Kier molecular flexibility index (Phi) is 7.16. The lowest BCUT2D eigenvalue weighted by atomic mass is 10.0. The molecule has 2 aromatic rings. The summed E-state index contributed by atoms with van der Waals surface area (Å²) in [6.07, 6.45) is 1.59. The van der Waals surface area contributed by atoms with Crippen molar-refractivity contribution in [3.63, 3.8) is 0 Å². The van der Waals surface area contributed by atoms with E-state index in [0.717, 1.165) is 18.4 Å². The highest BCUT2D eigenvalue weighted by Gasteiger charge is 2.28. The molecule has 0 bridgehead atoms. The fourth-order valence-corrected chi connectivity index (χ4v) is 5.63. The zero-order valence-corrected chi connectivity index (χ0v) is 19.4. The van der Waals surface area contributed by atoms with Crippen LogP contribution in [0.5, 0.6) is 5.75 Å². The highest BCUT2D eigenvalue weighted by Crippen LogP contribution is 2.31. The normalized spacial score (nSPS) is 16.8. The molecular weight excluding hydrogens is 449 g/mol. The average molecular weight is 478 g/mol. The standard InChI is InChI=1S/C23H28FN3O5S/c1-2-32-21-9-8-18(33(29,30)27-11-13-31-14-12-27)15-20(21)25-22(28)16-26-10-4-6-17-5-3-7-19(24)23(17)26/h3,5,7-9,15H,2,4,6,10-14,16H2,1H3,(H,25,28). The number of nitrogens with one attached hydrogen (secondary N) is 1. The largest absolute Gasteiger partial charge is 0.492 e. The summed E-state index contributed by atoms with van der Waals surface area (Å²) in [6.45, 7) is 3.89. The molecule has 178 valence electrons. The first kappa shape index (κ1) is 23.5. The van der Waals surface area contributed by atoms with Gasteiger partial charge in [-0.3, -0.25) is 4.79 Å². The summed E-state index contributed by atoms with van der Waals surface area (Å²) in [5.74, 6) is -0.362. The Morgan fingerprint density at radius 1 is 1.18 bits per heavy atom. The molecule has 2 aliphatic rings. The minimum atomic E-state index is -3.74. The molecule has 1 N–H and O–H groups in total. The topological polar surface area (TPSA) is 88.2 Å². The van der Waals surface area contributed by atoms with E-state index in [2.05, 4.69) is 5.32 Å². The van der Waals surface area contributed by atoms with Crippen molar-refractivity contribution >= 4 is 27.3 Å². The monoisotopic (exact) mass is 477 g/mol. The number of carbonyl (C=O) groups excluding carboxylic acids is 1. The van der Waals surface area contributed by atoms with Crippen LogP contribution in [0.1, 0.15) is 18.9 Å².